The number of nitriles is 1. The van der Waals surface area contributed by atoms with Crippen LogP contribution in [-0.2, 0) is 6.54 Å². The summed E-state index contributed by atoms with van der Waals surface area (Å²) in [5.74, 6) is 0. The number of rotatable bonds is 1. The first kappa shape index (κ1) is 11.7. The van der Waals surface area contributed by atoms with Crippen LogP contribution >= 0.6 is 0 Å². The molecule has 1 aromatic heterocycles. The Morgan fingerprint density at radius 3 is 3.05 bits per heavy atom. The van der Waals surface area contributed by atoms with Crippen LogP contribution in [0.25, 0.3) is 0 Å². The number of benzene rings is 1. The summed E-state index contributed by atoms with van der Waals surface area (Å²) < 4.78 is 0. The molecule has 1 aliphatic heterocycles. The summed E-state index contributed by atoms with van der Waals surface area (Å²) in [6, 6.07) is 14.2. The second kappa shape index (κ2) is 5.09. The first-order valence-corrected chi connectivity index (χ1v) is 6.31. The maximum absolute atomic E-state index is 8.97. The van der Waals surface area contributed by atoms with Gasteiger partial charge in [-0.3, -0.25) is 0 Å². The molecule has 0 aliphatic carbocycles. The Kier molecular flexibility index (Phi) is 3.13. The van der Waals surface area contributed by atoms with E-state index in [1.165, 1.54) is 11.3 Å². The molecule has 0 saturated heterocycles. The third-order valence-electron chi connectivity index (χ3n) is 3.28. The summed E-state index contributed by atoms with van der Waals surface area (Å²) >= 11 is 0. The number of hydrogen-bond donors (Lipinski definition) is 1. The lowest BCUT2D eigenvalue weighted by Crippen LogP contribution is -2.24. The molecule has 0 bridgehead atoms. The van der Waals surface area contributed by atoms with Gasteiger partial charge in [-0.2, -0.15) is 5.26 Å². The van der Waals surface area contributed by atoms with Crippen molar-refractivity contribution in [1.82, 2.24) is 10.3 Å². The van der Waals surface area contributed by atoms with E-state index in [0.29, 0.717) is 5.69 Å². The number of pyridine rings is 1. The molecule has 1 N–H and O–H groups in total. The molecule has 0 radical (unpaired) electrons. The fourth-order valence-corrected chi connectivity index (χ4v) is 2.37. The average Bonchev–Trinajstić information content (AvgIpc) is 2.69. The standard InChI is InChI=1S/C15H14N4/c16-10-13-9-14(5-6-18-13)19-8-7-17-11-12-3-1-2-4-15(12)19/h1-6,9,17H,7-8,11H2. The molecule has 1 aliphatic rings. The number of nitrogens with one attached hydrogen (secondary N) is 1. The van der Waals surface area contributed by atoms with Gasteiger partial charge in [0.2, 0.25) is 0 Å². The molecule has 0 atom stereocenters. The van der Waals surface area contributed by atoms with Gasteiger partial charge in [-0.05, 0) is 23.8 Å². The predicted octanol–water partition coefficient (Wildman–Crippen LogP) is 2.19. The second-order valence-electron chi connectivity index (χ2n) is 4.47. The van der Waals surface area contributed by atoms with Crippen LogP contribution in [-0.4, -0.2) is 18.1 Å². The number of nitrogens with zero attached hydrogens (tertiary/aromatic N) is 3. The van der Waals surface area contributed by atoms with Gasteiger partial charge in [0, 0.05) is 37.2 Å². The molecule has 19 heavy (non-hydrogen) atoms. The highest BCUT2D eigenvalue weighted by Crippen LogP contribution is 2.29. The van der Waals surface area contributed by atoms with Crippen LogP contribution in [0.3, 0.4) is 0 Å². The molecular weight excluding hydrogens is 236 g/mol. The van der Waals surface area contributed by atoms with Crippen molar-refractivity contribution in [2.24, 2.45) is 0 Å². The molecule has 2 aromatic rings. The third kappa shape index (κ3) is 2.28. The summed E-state index contributed by atoms with van der Waals surface area (Å²) in [5, 5.41) is 12.4. The molecule has 0 unspecified atom stereocenters. The summed E-state index contributed by atoms with van der Waals surface area (Å²) in [6.07, 6.45) is 1.69. The van der Waals surface area contributed by atoms with Gasteiger partial charge < -0.3 is 10.2 Å². The number of anilines is 2. The highest BCUT2D eigenvalue weighted by atomic mass is 15.2. The molecule has 0 spiro atoms. The Morgan fingerprint density at radius 1 is 1.26 bits per heavy atom. The van der Waals surface area contributed by atoms with E-state index in [1.54, 1.807) is 6.20 Å². The molecule has 0 fully saturated rings. The first-order valence-electron chi connectivity index (χ1n) is 6.31. The largest absolute Gasteiger partial charge is 0.340 e. The van der Waals surface area contributed by atoms with E-state index in [0.717, 1.165) is 25.3 Å². The van der Waals surface area contributed by atoms with E-state index in [2.05, 4.69) is 39.5 Å². The van der Waals surface area contributed by atoms with Crippen LogP contribution in [0.1, 0.15) is 11.3 Å². The van der Waals surface area contributed by atoms with Crippen molar-refractivity contribution in [2.45, 2.75) is 6.54 Å². The maximum atomic E-state index is 8.97. The van der Waals surface area contributed by atoms with E-state index in [9.17, 15) is 0 Å². The van der Waals surface area contributed by atoms with E-state index in [-0.39, 0.29) is 0 Å². The molecule has 0 saturated carbocycles. The zero-order valence-electron chi connectivity index (χ0n) is 10.5. The highest BCUT2D eigenvalue weighted by molar-refractivity contribution is 5.67. The summed E-state index contributed by atoms with van der Waals surface area (Å²) in [7, 11) is 0. The van der Waals surface area contributed by atoms with Crippen molar-refractivity contribution in [2.75, 3.05) is 18.0 Å². The van der Waals surface area contributed by atoms with Crippen LogP contribution in [0.2, 0.25) is 0 Å². The Balaban J connectivity index is 2.07. The van der Waals surface area contributed by atoms with Gasteiger partial charge in [0.25, 0.3) is 0 Å². The molecule has 3 rings (SSSR count). The van der Waals surface area contributed by atoms with Gasteiger partial charge in [-0.25, -0.2) is 4.98 Å². The Labute approximate surface area is 112 Å². The fraction of sp³-hybridized carbons (Fsp3) is 0.200. The van der Waals surface area contributed by atoms with Crippen molar-refractivity contribution in [3.63, 3.8) is 0 Å². The normalized spacial score (nSPS) is 14.4. The van der Waals surface area contributed by atoms with Crippen molar-refractivity contribution in [1.29, 1.82) is 5.26 Å². The van der Waals surface area contributed by atoms with E-state index in [4.69, 9.17) is 5.26 Å². The summed E-state index contributed by atoms with van der Waals surface area (Å²) in [4.78, 5) is 6.26. The van der Waals surface area contributed by atoms with Crippen LogP contribution < -0.4 is 10.2 Å². The Bertz CT molecular complexity index is 630. The number of para-hydroxylation sites is 1. The molecule has 4 heteroatoms. The van der Waals surface area contributed by atoms with Crippen LogP contribution in [0.15, 0.2) is 42.6 Å². The summed E-state index contributed by atoms with van der Waals surface area (Å²) in [6.45, 7) is 2.67. The van der Waals surface area contributed by atoms with Crippen molar-refractivity contribution in [3.05, 3.63) is 53.9 Å². The van der Waals surface area contributed by atoms with Gasteiger partial charge in [-0.1, -0.05) is 18.2 Å². The number of hydrogen-bond acceptors (Lipinski definition) is 4. The highest BCUT2D eigenvalue weighted by Gasteiger charge is 2.16. The monoisotopic (exact) mass is 250 g/mol. The predicted molar refractivity (Wildman–Crippen MR) is 74.1 cm³/mol. The number of aromatic nitrogens is 1. The Hall–Kier alpha value is -2.38. The molecule has 0 amide bonds. The lowest BCUT2D eigenvalue weighted by atomic mass is 10.1. The lowest BCUT2D eigenvalue weighted by Gasteiger charge is -2.24. The molecule has 4 nitrogen and oxygen atoms in total. The smallest absolute Gasteiger partial charge is 0.142 e. The summed E-state index contributed by atoms with van der Waals surface area (Å²) in [5.41, 5.74) is 3.94. The van der Waals surface area contributed by atoms with Gasteiger partial charge in [0.15, 0.2) is 0 Å². The fourth-order valence-electron chi connectivity index (χ4n) is 2.37. The van der Waals surface area contributed by atoms with Crippen molar-refractivity contribution >= 4 is 11.4 Å². The molecular formula is C15H14N4. The lowest BCUT2D eigenvalue weighted by molar-refractivity contribution is 0.712. The van der Waals surface area contributed by atoms with E-state index in [1.807, 2.05) is 18.2 Å². The topological polar surface area (TPSA) is 52.0 Å². The molecule has 1 aromatic carbocycles. The minimum Gasteiger partial charge on any atom is -0.340 e. The second-order valence-corrected chi connectivity index (χ2v) is 4.47. The van der Waals surface area contributed by atoms with Gasteiger partial charge in [-0.15, -0.1) is 0 Å². The quantitative estimate of drug-likeness (QED) is 0.843. The zero-order valence-corrected chi connectivity index (χ0v) is 10.5. The van der Waals surface area contributed by atoms with Gasteiger partial charge >= 0.3 is 0 Å². The van der Waals surface area contributed by atoms with Crippen molar-refractivity contribution in [3.8, 4) is 6.07 Å². The van der Waals surface area contributed by atoms with E-state index >= 15 is 0 Å². The minimum atomic E-state index is 0.451. The maximum Gasteiger partial charge on any atom is 0.142 e. The first-order chi connectivity index (χ1) is 9.38. The van der Waals surface area contributed by atoms with Crippen LogP contribution in [0.5, 0.6) is 0 Å². The minimum absolute atomic E-state index is 0.451. The van der Waals surface area contributed by atoms with Crippen LogP contribution in [0.4, 0.5) is 11.4 Å². The Morgan fingerprint density at radius 2 is 2.16 bits per heavy atom. The van der Waals surface area contributed by atoms with Gasteiger partial charge in [0.1, 0.15) is 11.8 Å². The third-order valence-corrected chi connectivity index (χ3v) is 3.28. The average molecular weight is 250 g/mol. The molecule has 2 heterocycles. The number of fused-ring (bicyclic) bond motifs is 1. The SMILES string of the molecule is N#Cc1cc(N2CCNCc3ccccc32)ccn1. The molecule has 94 valence electrons. The van der Waals surface area contributed by atoms with E-state index < -0.39 is 0 Å². The van der Waals surface area contributed by atoms with Gasteiger partial charge in [0.05, 0.1) is 0 Å². The van der Waals surface area contributed by atoms with Crippen LogP contribution in [0, 0.1) is 11.3 Å². The van der Waals surface area contributed by atoms with Crippen molar-refractivity contribution < 1.29 is 0 Å². The zero-order chi connectivity index (χ0) is 13.1.